The van der Waals surface area contributed by atoms with Crippen molar-refractivity contribution in [2.45, 2.75) is 38.8 Å². The Kier molecular flexibility index (Phi) is 5.75. The van der Waals surface area contributed by atoms with Crippen molar-refractivity contribution in [3.63, 3.8) is 0 Å². The first-order chi connectivity index (χ1) is 15.0. The van der Waals surface area contributed by atoms with Crippen LogP contribution in [0.5, 0.6) is 0 Å². The molecule has 2 aromatic heterocycles. The summed E-state index contributed by atoms with van der Waals surface area (Å²) in [5, 5.41) is 11.5. The monoisotopic (exact) mass is 421 g/mol. The molecule has 1 aliphatic heterocycles. The minimum Gasteiger partial charge on any atom is -0.349 e. The molecule has 0 radical (unpaired) electrons. The van der Waals surface area contributed by atoms with Crippen LogP contribution in [-0.4, -0.2) is 54.4 Å². The van der Waals surface area contributed by atoms with Crippen molar-refractivity contribution >= 4 is 11.9 Å². The minimum absolute atomic E-state index is 0.0943. The lowest BCUT2D eigenvalue weighted by Crippen LogP contribution is -2.53. The molecule has 0 bridgehead atoms. The molecule has 1 saturated heterocycles. The van der Waals surface area contributed by atoms with Gasteiger partial charge in [0.2, 0.25) is 5.95 Å². The highest BCUT2D eigenvalue weighted by Gasteiger charge is 2.34. The van der Waals surface area contributed by atoms with Gasteiger partial charge in [0.05, 0.1) is 30.0 Å². The van der Waals surface area contributed by atoms with Crippen LogP contribution in [0.1, 0.15) is 34.6 Å². The summed E-state index contributed by atoms with van der Waals surface area (Å²) in [7, 11) is 0. The van der Waals surface area contributed by atoms with E-state index in [-0.39, 0.29) is 18.0 Å². The summed E-state index contributed by atoms with van der Waals surface area (Å²) in [5.74, 6) is -0.161. The van der Waals surface area contributed by atoms with E-state index in [1.54, 1.807) is 11.0 Å². The molecule has 1 aliphatic rings. The van der Waals surface area contributed by atoms with Gasteiger partial charge in [-0.15, -0.1) is 6.58 Å². The predicted octanol–water partition coefficient (Wildman–Crippen LogP) is 3.08. The maximum Gasteiger partial charge on any atom is 0.256 e. The highest BCUT2D eigenvalue weighted by atomic mass is 19.1. The lowest BCUT2D eigenvalue weighted by atomic mass is 9.95. The van der Waals surface area contributed by atoms with E-state index in [0.717, 1.165) is 24.2 Å². The highest BCUT2D eigenvalue weighted by Crippen LogP contribution is 2.26. The zero-order valence-corrected chi connectivity index (χ0v) is 17.5. The Bertz CT molecular complexity index is 1080. The predicted molar refractivity (Wildman–Crippen MR) is 114 cm³/mol. The molecule has 0 spiro atoms. The number of nitrogens with zero attached hydrogens (tertiary/aromatic N) is 6. The minimum atomic E-state index is -0.464. The van der Waals surface area contributed by atoms with Gasteiger partial charge in [-0.05, 0) is 44.9 Å². The zero-order valence-electron chi connectivity index (χ0n) is 17.5. The third-order valence-electron chi connectivity index (χ3n) is 5.31. The number of carbonyl (C=O) groups excluding carboxylic acids is 1. The quantitative estimate of drug-likeness (QED) is 0.637. The van der Waals surface area contributed by atoms with Crippen LogP contribution >= 0.6 is 0 Å². The second-order valence-corrected chi connectivity index (χ2v) is 7.57. The standard InChI is InChI=1S/C22H24FN7O/c1-4-19-18(28-22-26-14(2)12-15(3)27-22)6-5-11-29(19)21(31)17-8-7-16(23)13-20(17)30-24-9-10-25-30/h4,7-10,12-13,18-19H,1,5-6,11H2,2-3H3,(H,26,27,28). The van der Waals surface area contributed by atoms with Gasteiger partial charge in [-0.3, -0.25) is 4.79 Å². The Morgan fingerprint density at radius 1 is 1.19 bits per heavy atom. The molecule has 2 atom stereocenters. The third kappa shape index (κ3) is 4.30. The Hall–Kier alpha value is -3.62. The van der Waals surface area contributed by atoms with Gasteiger partial charge in [-0.2, -0.15) is 15.0 Å². The fraction of sp³-hybridized carbons (Fsp3) is 0.318. The van der Waals surface area contributed by atoms with Crippen molar-refractivity contribution in [3.05, 3.63) is 72.1 Å². The van der Waals surface area contributed by atoms with Gasteiger partial charge in [0.25, 0.3) is 5.91 Å². The maximum atomic E-state index is 13.9. The first-order valence-corrected chi connectivity index (χ1v) is 10.1. The van der Waals surface area contributed by atoms with Crippen molar-refractivity contribution in [2.24, 2.45) is 0 Å². The van der Waals surface area contributed by atoms with Gasteiger partial charge in [0.15, 0.2) is 0 Å². The van der Waals surface area contributed by atoms with Crippen molar-refractivity contribution < 1.29 is 9.18 Å². The Balaban J connectivity index is 1.63. The number of carbonyl (C=O) groups is 1. The van der Waals surface area contributed by atoms with Gasteiger partial charge in [-0.1, -0.05) is 6.08 Å². The first kappa shape index (κ1) is 20.6. The molecular formula is C22H24FN7O. The maximum absolute atomic E-state index is 13.9. The van der Waals surface area contributed by atoms with E-state index in [2.05, 4.69) is 32.1 Å². The van der Waals surface area contributed by atoms with Crippen LogP contribution in [0.15, 0.2) is 49.3 Å². The van der Waals surface area contributed by atoms with Crippen LogP contribution in [0.4, 0.5) is 10.3 Å². The number of nitrogens with one attached hydrogen (secondary N) is 1. The fourth-order valence-electron chi connectivity index (χ4n) is 4.01. The molecule has 0 saturated carbocycles. The van der Waals surface area contributed by atoms with Crippen LogP contribution in [-0.2, 0) is 0 Å². The number of likely N-dealkylation sites (tertiary alicyclic amines) is 1. The summed E-state index contributed by atoms with van der Waals surface area (Å²) >= 11 is 0. The number of benzene rings is 1. The normalized spacial score (nSPS) is 18.6. The van der Waals surface area contributed by atoms with Crippen molar-refractivity contribution in [1.82, 2.24) is 29.9 Å². The molecule has 9 heteroatoms. The lowest BCUT2D eigenvalue weighted by Gasteiger charge is -2.40. The van der Waals surface area contributed by atoms with Gasteiger partial charge in [-0.25, -0.2) is 14.4 Å². The number of aryl methyl sites for hydroxylation is 2. The van der Waals surface area contributed by atoms with Crippen LogP contribution < -0.4 is 5.32 Å². The molecule has 1 N–H and O–H groups in total. The summed E-state index contributed by atoms with van der Waals surface area (Å²) in [4.78, 5) is 25.5. The van der Waals surface area contributed by atoms with Gasteiger partial charge >= 0.3 is 0 Å². The number of rotatable bonds is 5. The van der Waals surface area contributed by atoms with E-state index in [4.69, 9.17) is 0 Å². The second-order valence-electron chi connectivity index (χ2n) is 7.57. The van der Waals surface area contributed by atoms with E-state index >= 15 is 0 Å². The summed E-state index contributed by atoms with van der Waals surface area (Å²) < 4.78 is 13.9. The number of amides is 1. The smallest absolute Gasteiger partial charge is 0.256 e. The summed E-state index contributed by atoms with van der Waals surface area (Å²) in [6.07, 6.45) is 6.36. The van der Waals surface area contributed by atoms with E-state index < -0.39 is 5.82 Å². The Labute approximate surface area is 179 Å². The molecule has 1 amide bonds. The van der Waals surface area contributed by atoms with E-state index in [0.29, 0.717) is 23.7 Å². The summed E-state index contributed by atoms with van der Waals surface area (Å²) in [6.45, 7) is 8.35. The molecule has 2 unspecified atom stereocenters. The summed E-state index contributed by atoms with van der Waals surface area (Å²) in [5.41, 5.74) is 2.37. The van der Waals surface area contributed by atoms with Crippen LogP contribution in [0, 0.1) is 19.7 Å². The van der Waals surface area contributed by atoms with Crippen molar-refractivity contribution in [3.8, 4) is 5.69 Å². The molecule has 3 aromatic rings. The van der Waals surface area contributed by atoms with Gasteiger partial charge < -0.3 is 10.2 Å². The molecule has 1 fully saturated rings. The molecule has 0 aliphatic carbocycles. The fourth-order valence-corrected chi connectivity index (χ4v) is 4.01. The van der Waals surface area contributed by atoms with Crippen LogP contribution in [0.2, 0.25) is 0 Å². The SMILES string of the molecule is C=CC1C(Nc2nc(C)cc(C)n2)CCCN1C(=O)c1ccc(F)cc1-n1nccn1. The van der Waals surface area contributed by atoms with Gasteiger partial charge in [0, 0.05) is 24.0 Å². The van der Waals surface area contributed by atoms with E-state index in [9.17, 15) is 9.18 Å². The van der Waals surface area contributed by atoms with Crippen molar-refractivity contribution in [2.75, 3.05) is 11.9 Å². The number of anilines is 1. The second kappa shape index (κ2) is 8.63. The van der Waals surface area contributed by atoms with Crippen LogP contribution in [0.25, 0.3) is 5.69 Å². The highest BCUT2D eigenvalue weighted by molar-refractivity contribution is 5.98. The number of aromatic nitrogens is 5. The number of hydrogen-bond acceptors (Lipinski definition) is 6. The van der Waals surface area contributed by atoms with Crippen molar-refractivity contribution in [1.29, 1.82) is 0 Å². The number of hydrogen-bond donors (Lipinski definition) is 1. The molecule has 4 rings (SSSR count). The van der Waals surface area contributed by atoms with Gasteiger partial charge in [0.1, 0.15) is 11.5 Å². The average molecular weight is 421 g/mol. The number of halogens is 1. The molecule has 1 aromatic carbocycles. The largest absolute Gasteiger partial charge is 0.349 e. The Morgan fingerprint density at radius 3 is 2.58 bits per heavy atom. The number of piperidine rings is 1. The molecule has 31 heavy (non-hydrogen) atoms. The summed E-state index contributed by atoms with van der Waals surface area (Å²) in [6, 6.07) is 5.54. The van der Waals surface area contributed by atoms with E-state index in [1.165, 1.54) is 35.4 Å². The lowest BCUT2D eigenvalue weighted by molar-refractivity contribution is 0.0648. The zero-order chi connectivity index (χ0) is 22.0. The average Bonchev–Trinajstić information content (AvgIpc) is 3.27. The molecular weight excluding hydrogens is 397 g/mol. The third-order valence-corrected chi connectivity index (χ3v) is 5.31. The first-order valence-electron chi connectivity index (χ1n) is 10.1. The molecule has 160 valence electrons. The topological polar surface area (TPSA) is 88.8 Å². The van der Waals surface area contributed by atoms with E-state index in [1.807, 2.05) is 19.9 Å². The Morgan fingerprint density at radius 2 is 1.90 bits per heavy atom. The van der Waals surface area contributed by atoms with Crippen LogP contribution in [0.3, 0.4) is 0 Å². The molecule has 3 heterocycles. The molecule has 8 nitrogen and oxygen atoms in total.